The van der Waals surface area contributed by atoms with Gasteiger partial charge in [-0.25, -0.2) is 0 Å². The van der Waals surface area contributed by atoms with Crippen molar-refractivity contribution in [3.63, 3.8) is 0 Å². The van der Waals surface area contributed by atoms with E-state index in [1.165, 1.54) is 6.92 Å². The molecule has 0 aromatic heterocycles. The number of carbonyl (C=O) groups is 4. The van der Waals surface area contributed by atoms with Crippen molar-refractivity contribution in [3.05, 3.63) is 0 Å². The van der Waals surface area contributed by atoms with E-state index in [1.807, 2.05) is 0 Å². The van der Waals surface area contributed by atoms with Crippen molar-refractivity contribution < 1.29 is 173 Å². The summed E-state index contributed by atoms with van der Waals surface area (Å²) in [7, 11) is 0. The minimum Gasteiger partial charge on any atom is -0.544 e. The summed E-state index contributed by atoms with van der Waals surface area (Å²) in [6.45, 7) is -3.60. The predicted molar refractivity (Wildman–Crippen MR) is 259 cm³/mol. The summed E-state index contributed by atoms with van der Waals surface area (Å²) in [6.07, 6.45) is -58.4. The minimum absolute atomic E-state index is 0.260. The number of aliphatic carboxylic acids is 1. The molecule has 0 aromatic rings. The Morgan fingerprint density at radius 3 is 1.58 bits per heavy atom. The van der Waals surface area contributed by atoms with Crippen LogP contribution in [0.5, 0.6) is 0 Å². The average molecular weight is 1250 g/mol. The third-order valence-electron chi connectivity index (χ3n) is 15.1. The Kier molecular flexibility index (Phi) is 25.8. The number of ether oxygens (including phenoxy) is 12. The van der Waals surface area contributed by atoms with E-state index in [4.69, 9.17) is 56.8 Å². The molecular formula is C47H78N3O35-. The topological polar surface area (TPSA) is 602 Å². The maximum Gasteiger partial charge on any atom is 0.217 e. The lowest BCUT2D eigenvalue weighted by Crippen LogP contribution is -2.73. The standard InChI is InChI=1S/C47H79N3O35/c1-13-25(62)28(65)31(68)43(75-13)82-37-22(10-56)77-41(80-35-21(9-55)79-44(33(70)30(35)67)81-36-20(8-54)78-42(32(69)29(36)66)74-11-16(5-51)48-12-57)24(50-15(3)59)39(37)83-45-34(71)40(27(64)19(7-53)76-45)85-47(46(72)73)4-17(60)23(49-14(2)58)38(84-47)26(63)18(61)6-52/h12-13,16-45,51-56,60-71H,4-11H2,1-3H3,(H,48,57)(H,49,58)(H,50,59)(H,72,73)/p-1/t13-,16+,17-,18+,19+,20+,21+,22+,23+,24+,25+,26+,27-,28+,29+,30+,31-,32+,33+,34+,35-,36+,37-,38+,39+,40-,41-,42+,43-,44-,45-,47-/m0/s1. The normalized spacial score (nSPS) is 45.4. The van der Waals surface area contributed by atoms with E-state index in [2.05, 4.69) is 16.0 Å². The average Bonchev–Trinajstić information content (AvgIpc) is 1.15. The van der Waals surface area contributed by atoms with Gasteiger partial charge in [-0.05, 0) is 6.92 Å². The van der Waals surface area contributed by atoms with E-state index < -0.39 is 266 Å². The van der Waals surface area contributed by atoms with Crippen LogP contribution in [0, 0.1) is 0 Å². The van der Waals surface area contributed by atoms with Gasteiger partial charge in [-0.1, -0.05) is 0 Å². The largest absolute Gasteiger partial charge is 0.544 e. The molecule has 0 spiro atoms. The Labute approximate surface area is 481 Å². The highest BCUT2D eigenvalue weighted by atomic mass is 16.8. The van der Waals surface area contributed by atoms with Crippen molar-refractivity contribution in [2.75, 3.05) is 46.2 Å². The first-order chi connectivity index (χ1) is 40.1. The number of carbonyl (C=O) groups excluding carboxylic acids is 4. The Balaban J connectivity index is 1.33. The molecule has 21 N–H and O–H groups in total. The van der Waals surface area contributed by atoms with Gasteiger partial charge in [0.25, 0.3) is 0 Å². The van der Waals surface area contributed by atoms with Crippen LogP contribution in [0.4, 0.5) is 0 Å². The minimum atomic E-state index is -3.39. The number of aliphatic hydroxyl groups excluding tert-OH is 18. The molecule has 38 heteroatoms. The summed E-state index contributed by atoms with van der Waals surface area (Å²) in [5.41, 5.74) is 0. The summed E-state index contributed by atoms with van der Waals surface area (Å²) >= 11 is 0. The van der Waals surface area contributed by atoms with Gasteiger partial charge in [-0.15, -0.1) is 0 Å². The van der Waals surface area contributed by atoms with Crippen molar-refractivity contribution in [2.45, 2.75) is 223 Å². The first kappa shape index (κ1) is 70.8. The Bertz CT molecular complexity index is 2130. The van der Waals surface area contributed by atoms with Gasteiger partial charge in [0.05, 0.1) is 70.5 Å². The second-order valence-corrected chi connectivity index (χ2v) is 21.1. The first-order valence-corrected chi connectivity index (χ1v) is 26.8. The SMILES string of the molecule is CC(=O)N[C@H]1[C@H](O[C@@H]2[C@H](O)[C@@H](O)[C@H](O[C@H]3[C@H](O)[C@@H](O)[C@H](OC[C@@H](CO)NC=O)O[C@@H]3CO)O[C@@H]2CO)O[C@H](CO)[C@H](O[C@@H]2O[C@@H](C)[C@@H](O)[C@@H](O)[C@@H]2O)[C@@H]1O[C@@H]1O[C@H](CO)[C@H](O)[C@H](O[C@]2(C(=O)[O-])C[C@H](O)[C@@H](NC(C)=O)[C@H]([C@H](O)[C@H](O)CO)O2)[C@H]1O. The molecule has 0 radical (unpaired) electrons. The molecule has 6 fully saturated rings. The zero-order valence-corrected chi connectivity index (χ0v) is 45.6. The third-order valence-corrected chi connectivity index (χ3v) is 15.1. The zero-order chi connectivity index (χ0) is 63.1. The van der Waals surface area contributed by atoms with E-state index in [9.17, 15) is 116 Å². The first-order valence-electron chi connectivity index (χ1n) is 26.8. The number of aliphatic hydroxyl groups is 18. The van der Waals surface area contributed by atoms with Gasteiger partial charge in [0.2, 0.25) is 24.0 Å². The molecule has 38 nitrogen and oxygen atoms in total. The monoisotopic (exact) mass is 1240 g/mol. The molecule has 6 rings (SSSR count). The maximum atomic E-state index is 13.2. The van der Waals surface area contributed by atoms with Crippen LogP contribution in [-0.4, -0.2) is 358 Å². The molecule has 492 valence electrons. The molecular weight excluding hydrogens is 1170 g/mol. The summed E-state index contributed by atoms with van der Waals surface area (Å²) in [4.78, 5) is 49.4. The zero-order valence-electron chi connectivity index (χ0n) is 45.6. The smallest absolute Gasteiger partial charge is 0.217 e. The molecule has 0 unspecified atom stereocenters. The van der Waals surface area contributed by atoms with Crippen LogP contribution in [0.3, 0.4) is 0 Å². The summed E-state index contributed by atoms with van der Waals surface area (Å²) < 4.78 is 69.8. The van der Waals surface area contributed by atoms with E-state index in [-0.39, 0.29) is 6.41 Å². The fraction of sp³-hybridized carbons (Fsp3) is 0.915. The predicted octanol–water partition coefficient (Wildman–Crippen LogP) is -15.8. The molecule has 85 heavy (non-hydrogen) atoms. The molecule has 0 saturated carbocycles. The molecule has 6 aliphatic rings. The van der Waals surface area contributed by atoms with Crippen LogP contribution in [0.25, 0.3) is 0 Å². The van der Waals surface area contributed by atoms with Crippen LogP contribution in [0.15, 0.2) is 0 Å². The fourth-order valence-electron chi connectivity index (χ4n) is 10.5. The highest BCUT2D eigenvalue weighted by Gasteiger charge is 2.60. The Hall–Kier alpha value is -3.32. The number of hydrogen-bond donors (Lipinski definition) is 21. The lowest BCUT2D eigenvalue weighted by atomic mass is 9.88. The van der Waals surface area contributed by atoms with Gasteiger partial charge in [-0.2, -0.15) is 0 Å². The Morgan fingerprint density at radius 1 is 0.565 bits per heavy atom. The number of nitrogens with one attached hydrogen (secondary N) is 3. The highest BCUT2D eigenvalue weighted by molar-refractivity contribution is 5.75. The van der Waals surface area contributed by atoms with Crippen molar-refractivity contribution in [3.8, 4) is 0 Å². The maximum absolute atomic E-state index is 13.2. The summed E-state index contributed by atoms with van der Waals surface area (Å²) in [5, 5.41) is 215. The number of rotatable bonds is 26. The molecule has 6 heterocycles. The number of carboxylic acids is 1. The number of carboxylic acid groups (broad SMARTS) is 1. The third kappa shape index (κ3) is 15.8. The van der Waals surface area contributed by atoms with Gasteiger partial charge in [-0.3, -0.25) is 14.4 Å². The van der Waals surface area contributed by atoms with Crippen molar-refractivity contribution in [2.24, 2.45) is 0 Å². The van der Waals surface area contributed by atoms with E-state index in [0.29, 0.717) is 0 Å². The molecule has 0 aromatic carbocycles. The highest BCUT2D eigenvalue weighted by Crippen LogP contribution is 2.40. The van der Waals surface area contributed by atoms with E-state index in [1.54, 1.807) is 0 Å². The van der Waals surface area contributed by atoms with Crippen LogP contribution >= 0.6 is 0 Å². The van der Waals surface area contributed by atoms with Crippen LogP contribution in [-0.2, 0) is 76.0 Å². The fourth-order valence-corrected chi connectivity index (χ4v) is 10.5. The van der Waals surface area contributed by atoms with Crippen molar-refractivity contribution >= 4 is 24.2 Å². The molecule has 3 amide bonds. The lowest BCUT2D eigenvalue weighted by Gasteiger charge is -2.53. The van der Waals surface area contributed by atoms with E-state index in [0.717, 1.165) is 13.8 Å². The quantitative estimate of drug-likeness (QED) is 0.0358. The molecule has 0 bridgehead atoms. The van der Waals surface area contributed by atoms with Crippen LogP contribution < -0.4 is 21.1 Å². The number of amides is 3. The number of hydrogen-bond acceptors (Lipinski definition) is 35. The van der Waals surface area contributed by atoms with Gasteiger partial charge >= 0.3 is 0 Å². The van der Waals surface area contributed by atoms with Gasteiger partial charge < -0.3 is 175 Å². The van der Waals surface area contributed by atoms with Crippen LogP contribution in [0.1, 0.15) is 27.2 Å². The van der Waals surface area contributed by atoms with Crippen molar-refractivity contribution in [1.29, 1.82) is 0 Å². The summed E-state index contributed by atoms with van der Waals surface area (Å²) in [6, 6.07) is -4.73. The summed E-state index contributed by atoms with van der Waals surface area (Å²) in [5.74, 6) is -7.62. The molecule has 6 aliphatic heterocycles. The van der Waals surface area contributed by atoms with E-state index >= 15 is 0 Å². The molecule has 0 aliphatic carbocycles. The second kappa shape index (κ2) is 30.9. The van der Waals surface area contributed by atoms with Crippen molar-refractivity contribution in [1.82, 2.24) is 16.0 Å². The molecule has 32 atom stereocenters. The van der Waals surface area contributed by atoms with Gasteiger partial charge in [0.15, 0.2) is 31.5 Å². The van der Waals surface area contributed by atoms with Gasteiger partial charge in [0.1, 0.15) is 140 Å². The molecule has 6 saturated heterocycles. The second-order valence-electron chi connectivity index (χ2n) is 21.1. The lowest BCUT2D eigenvalue weighted by molar-refractivity contribution is -0.414. The van der Waals surface area contributed by atoms with Crippen LogP contribution in [0.2, 0.25) is 0 Å². The Morgan fingerprint density at radius 2 is 1.04 bits per heavy atom. The van der Waals surface area contributed by atoms with Gasteiger partial charge in [0, 0.05) is 20.3 Å².